The second-order valence-corrected chi connectivity index (χ2v) is 12.7. The first-order valence-electron chi connectivity index (χ1n) is 12.9. The van der Waals surface area contributed by atoms with E-state index in [0.717, 1.165) is 58.9 Å². The number of fused-ring (bicyclic) bond motifs is 1. The van der Waals surface area contributed by atoms with E-state index in [1.807, 2.05) is 18.2 Å². The van der Waals surface area contributed by atoms with Crippen molar-refractivity contribution in [3.05, 3.63) is 63.3 Å². The number of hydrogen-bond donors (Lipinski definition) is 1. The summed E-state index contributed by atoms with van der Waals surface area (Å²) in [5, 5.41) is 15.8. The number of halogens is 2. The van der Waals surface area contributed by atoms with E-state index in [-0.39, 0.29) is 11.6 Å². The van der Waals surface area contributed by atoms with E-state index < -0.39 is 5.97 Å². The van der Waals surface area contributed by atoms with Crippen molar-refractivity contribution in [2.75, 3.05) is 11.4 Å². The topological polar surface area (TPSA) is 88.7 Å². The minimum Gasteiger partial charge on any atom is -0.478 e. The van der Waals surface area contributed by atoms with E-state index in [9.17, 15) is 9.90 Å². The molecule has 1 saturated heterocycles. The number of carboxylic acids is 1. The molecular formula is C28H23Cl2N3O4S. The van der Waals surface area contributed by atoms with Crippen molar-refractivity contribution < 1.29 is 19.2 Å². The van der Waals surface area contributed by atoms with Crippen LogP contribution in [0.4, 0.5) is 5.13 Å². The zero-order valence-corrected chi connectivity index (χ0v) is 22.5. The zero-order valence-electron chi connectivity index (χ0n) is 20.2. The Kier molecular flexibility index (Phi) is 5.00. The average Bonchev–Trinajstić information content (AvgIpc) is 3.48. The van der Waals surface area contributed by atoms with Gasteiger partial charge in [0.2, 0.25) is 0 Å². The summed E-state index contributed by atoms with van der Waals surface area (Å²) in [6, 6.07) is 10.6. The van der Waals surface area contributed by atoms with Crippen LogP contribution in [0.2, 0.25) is 10.0 Å². The number of hydrogen-bond acceptors (Lipinski definition) is 7. The predicted octanol–water partition coefficient (Wildman–Crippen LogP) is 7.02. The first kappa shape index (κ1) is 23.3. The summed E-state index contributed by atoms with van der Waals surface area (Å²) in [5.74, 6) is 1.29. The van der Waals surface area contributed by atoms with Crippen LogP contribution in [0.5, 0.6) is 0 Å². The molecular weight excluding hydrogens is 545 g/mol. The molecule has 4 fully saturated rings. The highest BCUT2D eigenvalue weighted by Gasteiger charge is 2.76. The van der Waals surface area contributed by atoms with Crippen molar-refractivity contribution in [1.29, 1.82) is 0 Å². The number of carboxylic acid groups (broad SMARTS) is 1. The SMILES string of the molecule is O=C(O)c1ccc2nc(N3CC4C(OCc5c(-c6c(Cl)cccc6Cl)noc5C5CC5)C5CCC543)sc2c1. The minimum atomic E-state index is -0.917. The minimum absolute atomic E-state index is 0.122. The summed E-state index contributed by atoms with van der Waals surface area (Å²) >= 11 is 14.6. The molecule has 3 saturated carbocycles. The Bertz CT molecular complexity index is 1600. The maximum atomic E-state index is 11.4. The van der Waals surface area contributed by atoms with Gasteiger partial charge in [0.15, 0.2) is 5.13 Å². The monoisotopic (exact) mass is 567 g/mol. The molecule has 2 aromatic carbocycles. The number of aromatic nitrogens is 2. The maximum Gasteiger partial charge on any atom is 0.335 e. The van der Waals surface area contributed by atoms with Crippen LogP contribution in [-0.2, 0) is 11.3 Å². The third-order valence-corrected chi connectivity index (χ3v) is 10.7. The summed E-state index contributed by atoms with van der Waals surface area (Å²) in [5.41, 5.74) is 3.62. The Morgan fingerprint density at radius 3 is 2.68 bits per heavy atom. The predicted molar refractivity (Wildman–Crippen MR) is 145 cm³/mol. The Morgan fingerprint density at radius 2 is 2.00 bits per heavy atom. The normalized spacial score (nSPS) is 27.3. The summed E-state index contributed by atoms with van der Waals surface area (Å²) in [6.45, 7) is 1.33. The van der Waals surface area contributed by atoms with Crippen molar-refractivity contribution in [3.63, 3.8) is 0 Å². The zero-order chi connectivity index (χ0) is 25.8. The van der Waals surface area contributed by atoms with Crippen LogP contribution in [0.1, 0.15) is 53.3 Å². The third-order valence-electron chi connectivity index (χ3n) is 9.06. The van der Waals surface area contributed by atoms with Gasteiger partial charge in [0.25, 0.3) is 0 Å². The Balaban J connectivity index is 1.03. The molecule has 194 valence electrons. The first-order chi connectivity index (χ1) is 18.5. The van der Waals surface area contributed by atoms with Crippen molar-refractivity contribution in [3.8, 4) is 11.3 Å². The molecule has 0 bridgehead atoms. The molecule has 4 aromatic rings. The molecule has 3 heterocycles. The van der Waals surface area contributed by atoms with Gasteiger partial charge in [-0.25, -0.2) is 9.78 Å². The Hall–Kier alpha value is -2.65. The highest BCUT2D eigenvalue weighted by molar-refractivity contribution is 7.22. The third kappa shape index (κ3) is 3.14. The van der Waals surface area contributed by atoms with Gasteiger partial charge in [-0.3, -0.25) is 0 Å². The highest BCUT2D eigenvalue weighted by Crippen LogP contribution is 2.69. The molecule has 3 aliphatic carbocycles. The number of carbonyl (C=O) groups is 1. The van der Waals surface area contributed by atoms with E-state index >= 15 is 0 Å². The van der Waals surface area contributed by atoms with Gasteiger partial charge in [-0.15, -0.1) is 0 Å². The van der Waals surface area contributed by atoms with E-state index in [4.69, 9.17) is 37.4 Å². The standard InChI is InChI=1S/C28H23Cl2N3O4S/c29-18-2-1-3-19(30)22(18)23-15(24(37-32-23)13-4-5-13)12-36-25-16-8-9-28(16)17(25)11-33(28)27-31-20-7-6-14(26(34)35)10-21(20)38-27/h1-3,6-7,10,13,16-17,25H,4-5,8-9,11-12H2,(H,34,35). The molecule has 4 atom stereocenters. The molecule has 4 unspecified atom stereocenters. The largest absolute Gasteiger partial charge is 0.478 e. The van der Waals surface area contributed by atoms with Gasteiger partial charge in [-0.1, -0.05) is 45.8 Å². The van der Waals surface area contributed by atoms with Crippen molar-refractivity contribution in [2.24, 2.45) is 11.8 Å². The number of ether oxygens (including phenoxy) is 1. The van der Waals surface area contributed by atoms with E-state index in [1.165, 1.54) is 0 Å². The Morgan fingerprint density at radius 1 is 1.18 bits per heavy atom. The fourth-order valence-electron chi connectivity index (χ4n) is 6.89. The summed E-state index contributed by atoms with van der Waals surface area (Å²) in [6.07, 6.45) is 4.65. The highest BCUT2D eigenvalue weighted by atomic mass is 35.5. The smallest absolute Gasteiger partial charge is 0.335 e. The van der Waals surface area contributed by atoms with Gasteiger partial charge in [-0.05, 0) is 56.0 Å². The molecule has 38 heavy (non-hydrogen) atoms. The number of thiazole rings is 1. The molecule has 10 heteroatoms. The molecule has 8 rings (SSSR count). The molecule has 1 aliphatic heterocycles. The number of anilines is 1. The van der Waals surface area contributed by atoms with Crippen molar-refractivity contribution in [1.82, 2.24) is 10.1 Å². The van der Waals surface area contributed by atoms with Gasteiger partial charge < -0.3 is 19.3 Å². The van der Waals surface area contributed by atoms with Crippen LogP contribution < -0.4 is 4.90 Å². The molecule has 0 amide bonds. The summed E-state index contributed by atoms with van der Waals surface area (Å²) in [7, 11) is 0. The van der Waals surface area contributed by atoms with Gasteiger partial charge in [-0.2, -0.15) is 0 Å². The van der Waals surface area contributed by atoms with E-state index in [1.54, 1.807) is 29.5 Å². The lowest BCUT2D eigenvalue weighted by atomic mass is 9.40. The van der Waals surface area contributed by atoms with E-state index in [0.29, 0.717) is 51.2 Å². The number of aromatic carboxylic acids is 1. The maximum absolute atomic E-state index is 11.4. The number of piperidine rings is 1. The quantitative estimate of drug-likeness (QED) is 0.256. The van der Waals surface area contributed by atoms with Gasteiger partial charge in [0, 0.05) is 35.4 Å². The number of rotatable bonds is 7. The fraction of sp³-hybridized carbons (Fsp3) is 0.393. The lowest BCUT2D eigenvalue weighted by Crippen LogP contribution is -2.88. The number of benzene rings is 2. The van der Waals surface area contributed by atoms with Crippen molar-refractivity contribution in [2.45, 2.75) is 49.9 Å². The van der Waals surface area contributed by atoms with Crippen LogP contribution in [-0.4, -0.2) is 39.4 Å². The van der Waals surface area contributed by atoms with Crippen LogP contribution in [0.3, 0.4) is 0 Å². The van der Waals surface area contributed by atoms with Gasteiger partial charge >= 0.3 is 5.97 Å². The number of nitrogens with zero attached hydrogens (tertiary/aromatic N) is 3. The van der Waals surface area contributed by atoms with Gasteiger partial charge in [0.1, 0.15) is 11.5 Å². The fourth-order valence-corrected chi connectivity index (χ4v) is 8.57. The van der Waals surface area contributed by atoms with Gasteiger partial charge in [0.05, 0.1) is 44.1 Å². The van der Waals surface area contributed by atoms with Crippen LogP contribution >= 0.6 is 34.5 Å². The molecule has 2 aromatic heterocycles. The molecule has 1 N–H and O–H groups in total. The second kappa shape index (κ2) is 8.18. The summed E-state index contributed by atoms with van der Waals surface area (Å²) in [4.78, 5) is 18.7. The van der Waals surface area contributed by atoms with Crippen LogP contribution in [0.25, 0.3) is 21.5 Å². The van der Waals surface area contributed by atoms with Crippen LogP contribution in [0, 0.1) is 11.8 Å². The molecule has 7 nitrogen and oxygen atoms in total. The summed E-state index contributed by atoms with van der Waals surface area (Å²) < 4.78 is 13.4. The van der Waals surface area contributed by atoms with Crippen molar-refractivity contribution >= 4 is 55.9 Å². The molecule has 1 spiro atoms. The van der Waals surface area contributed by atoms with Crippen LogP contribution in [0.15, 0.2) is 40.9 Å². The molecule has 0 radical (unpaired) electrons. The lowest BCUT2D eigenvalue weighted by Gasteiger charge is -2.78. The first-order valence-corrected chi connectivity index (χ1v) is 14.5. The molecule has 4 aliphatic rings. The average molecular weight is 568 g/mol. The second-order valence-electron chi connectivity index (χ2n) is 10.9. The van der Waals surface area contributed by atoms with E-state index in [2.05, 4.69) is 10.1 Å². The Labute approximate surface area is 232 Å². The lowest BCUT2D eigenvalue weighted by molar-refractivity contribution is -0.242.